The molecule has 0 saturated carbocycles. The van der Waals surface area contributed by atoms with Crippen molar-refractivity contribution in [2.45, 2.75) is 64.8 Å². The van der Waals surface area contributed by atoms with E-state index < -0.39 is 41.3 Å². The lowest BCUT2D eigenvalue weighted by Crippen LogP contribution is -2.55. The topological polar surface area (TPSA) is 89.4 Å². The van der Waals surface area contributed by atoms with Gasteiger partial charge >= 0.3 is 12.1 Å². The summed E-state index contributed by atoms with van der Waals surface area (Å²) < 4.78 is 44.9. The second kappa shape index (κ2) is 8.60. The highest BCUT2D eigenvalue weighted by Gasteiger charge is 2.42. The van der Waals surface area contributed by atoms with Crippen molar-refractivity contribution in [1.29, 1.82) is 0 Å². The van der Waals surface area contributed by atoms with E-state index >= 15 is 0 Å². The monoisotopic (exact) mass is 485 g/mol. The number of thiophene rings is 1. The average molecular weight is 486 g/mol. The van der Waals surface area contributed by atoms with Crippen molar-refractivity contribution in [3.63, 3.8) is 0 Å². The summed E-state index contributed by atoms with van der Waals surface area (Å²) in [4.78, 5) is 38.4. The number of aromatic nitrogens is 1. The van der Waals surface area contributed by atoms with Gasteiger partial charge in [-0.1, -0.05) is 0 Å². The van der Waals surface area contributed by atoms with Gasteiger partial charge in [0.05, 0.1) is 17.7 Å². The van der Waals surface area contributed by atoms with E-state index in [0.29, 0.717) is 23.3 Å². The van der Waals surface area contributed by atoms with E-state index in [9.17, 15) is 27.6 Å². The smallest absolute Gasteiger partial charge is 0.417 e. The van der Waals surface area contributed by atoms with Crippen LogP contribution in [0.2, 0.25) is 0 Å². The van der Waals surface area contributed by atoms with Gasteiger partial charge in [-0.3, -0.25) is 9.59 Å². The Morgan fingerprint density at radius 2 is 1.91 bits per heavy atom. The van der Waals surface area contributed by atoms with Gasteiger partial charge in [0, 0.05) is 28.2 Å². The van der Waals surface area contributed by atoms with Crippen molar-refractivity contribution in [2.24, 2.45) is 0 Å². The fourth-order valence-corrected chi connectivity index (χ4v) is 5.46. The fourth-order valence-electron chi connectivity index (χ4n) is 4.18. The number of ether oxygens (including phenoxy) is 1. The molecule has 0 spiro atoms. The average Bonchev–Trinajstić information content (AvgIpc) is 2.99. The Balaban J connectivity index is 1.97. The number of pyridine rings is 1. The van der Waals surface area contributed by atoms with Crippen LogP contribution in [0.1, 0.15) is 61.0 Å². The van der Waals surface area contributed by atoms with Gasteiger partial charge in [-0.2, -0.15) is 13.2 Å². The molecule has 0 radical (unpaired) electrons. The molecule has 2 N–H and O–H groups in total. The first-order valence-electron chi connectivity index (χ1n) is 10.3. The lowest BCUT2D eigenvalue weighted by molar-refractivity contribution is -0.138. The lowest BCUT2D eigenvalue weighted by Gasteiger charge is -2.42. The number of rotatable bonds is 5. The number of hydrogen-bond donors (Lipinski definition) is 2. The van der Waals surface area contributed by atoms with Crippen LogP contribution in [0.3, 0.4) is 0 Å². The maximum atomic E-state index is 13.0. The number of carbonyl (C=O) groups excluding carboxylic acids is 2. The number of hydrogen-bond acceptors (Lipinski definition) is 6. The van der Waals surface area contributed by atoms with E-state index in [1.54, 1.807) is 6.92 Å². The Hall–Kier alpha value is -2.66. The van der Waals surface area contributed by atoms with E-state index in [2.05, 4.69) is 10.6 Å². The summed E-state index contributed by atoms with van der Waals surface area (Å²) in [5, 5.41) is 6.38. The van der Waals surface area contributed by atoms with Gasteiger partial charge in [0.25, 0.3) is 5.56 Å². The Morgan fingerprint density at radius 3 is 2.52 bits per heavy atom. The van der Waals surface area contributed by atoms with E-state index in [-0.39, 0.29) is 22.7 Å². The molecule has 0 aliphatic carbocycles. The van der Waals surface area contributed by atoms with E-state index in [1.165, 1.54) is 11.3 Å². The van der Waals surface area contributed by atoms with Crippen LogP contribution >= 0.6 is 11.3 Å². The minimum Gasteiger partial charge on any atom is -0.462 e. The van der Waals surface area contributed by atoms with Crippen molar-refractivity contribution in [3.05, 3.63) is 50.3 Å². The highest BCUT2D eigenvalue weighted by Crippen LogP contribution is 2.45. The number of carbonyl (C=O) groups is 2. The van der Waals surface area contributed by atoms with Crippen molar-refractivity contribution < 1.29 is 27.5 Å². The minimum absolute atomic E-state index is 0.140. The zero-order valence-electron chi connectivity index (χ0n) is 19.0. The van der Waals surface area contributed by atoms with Crippen molar-refractivity contribution in [2.75, 3.05) is 11.9 Å². The predicted octanol–water partition coefficient (Wildman–Crippen LogP) is 3.90. The quantitative estimate of drug-likeness (QED) is 0.627. The number of anilines is 1. The van der Waals surface area contributed by atoms with Gasteiger partial charge in [-0.15, -0.1) is 11.3 Å². The molecule has 1 aliphatic heterocycles. The lowest BCUT2D eigenvalue weighted by atomic mass is 9.81. The SMILES string of the molecule is CCOC(=O)c1c(NC(=O)Cn2cc(C(F)(F)F)ccc2=O)sc2c1CC(C)(C)NC2(C)C. The normalized spacial score (nSPS) is 16.7. The van der Waals surface area contributed by atoms with Crippen molar-refractivity contribution in [1.82, 2.24) is 9.88 Å². The molecular formula is C22H26F3N3O4S. The summed E-state index contributed by atoms with van der Waals surface area (Å²) in [6, 6.07) is 1.43. The van der Waals surface area contributed by atoms with Crippen LogP contribution in [0, 0.1) is 0 Å². The Bertz CT molecular complexity index is 1150. The van der Waals surface area contributed by atoms with Gasteiger partial charge in [-0.05, 0) is 52.7 Å². The van der Waals surface area contributed by atoms with Crippen LogP contribution in [0.4, 0.5) is 18.2 Å². The van der Waals surface area contributed by atoms with Crippen LogP contribution in [-0.2, 0) is 34.2 Å². The van der Waals surface area contributed by atoms with Gasteiger partial charge in [-0.25, -0.2) is 4.79 Å². The first-order chi connectivity index (χ1) is 15.1. The van der Waals surface area contributed by atoms with E-state index in [1.807, 2.05) is 27.7 Å². The Morgan fingerprint density at radius 1 is 1.24 bits per heavy atom. The van der Waals surface area contributed by atoms with Crippen molar-refractivity contribution in [3.8, 4) is 0 Å². The maximum Gasteiger partial charge on any atom is 0.417 e. The number of halogens is 3. The zero-order valence-corrected chi connectivity index (χ0v) is 19.8. The molecule has 0 aromatic carbocycles. The predicted molar refractivity (Wildman–Crippen MR) is 119 cm³/mol. The second-order valence-electron chi connectivity index (χ2n) is 9.07. The standard InChI is InChI=1S/C22H26F3N3O4S/c1-6-32-19(31)16-13-9-20(2,3)27-21(4,5)17(13)33-18(16)26-14(29)11-28-10-12(22(23,24)25)7-8-15(28)30/h7-8,10,27H,6,9,11H2,1-5H3,(H,26,29). The summed E-state index contributed by atoms with van der Waals surface area (Å²) >= 11 is 1.21. The molecule has 180 valence electrons. The molecule has 0 unspecified atom stereocenters. The first kappa shape index (κ1) is 25.0. The van der Waals surface area contributed by atoms with Crippen LogP contribution in [0.5, 0.6) is 0 Å². The molecule has 0 atom stereocenters. The van der Waals surface area contributed by atoms with E-state index in [4.69, 9.17) is 4.74 Å². The number of nitrogens with zero attached hydrogens (tertiary/aromatic N) is 1. The van der Waals surface area contributed by atoms with Crippen LogP contribution in [0.15, 0.2) is 23.1 Å². The fraction of sp³-hybridized carbons (Fsp3) is 0.500. The molecule has 11 heteroatoms. The molecule has 2 aromatic heterocycles. The third-order valence-electron chi connectivity index (χ3n) is 5.20. The molecule has 1 amide bonds. The largest absolute Gasteiger partial charge is 0.462 e. The summed E-state index contributed by atoms with van der Waals surface area (Å²) in [6.07, 6.45) is -3.54. The number of alkyl halides is 3. The third-order valence-corrected chi connectivity index (χ3v) is 6.67. The molecule has 3 heterocycles. The van der Waals surface area contributed by atoms with E-state index in [0.717, 1.165) is 16.5 Å². The zero-order chi connectivity index (χ0) is 24.8. The van der Waals surface area contributed by atoms with Crippen molar-refractivity contribution >= 4 is 28.2 Å². The Kier molecular flexibility index (Phi) is 6.51. The Labute approximate surface area is 192 Å². The summed E-state index contributed by atoms with van der Waals surface area (Å²) in [5.41, 5.74) is -1.61. The molecule has 3 rings (SSSR count). The minimum atomic E-state index is -4.65. The van der Waals surface area contributed by atoms with Crippen LogP contribution in [0.25, 0.3) is 0 Å². The molecule has 7 nitrogen and oxygen atoms in total. The third kappa shape index (κ3) is 5.30. The molecular weight excluding hydrogens is 459 g/mol. The number of fused-ring (bicyclic) bond motifs is 1. The van der Waals surface area contributed by atoms with Gasteiger partial charge in [0.15, 0.2) is 0 Å². The van der Waals surface area contributed by atoms with Crippen LogP contribution < -0.4 is 16.2 Å². The molecule has 2 aromatic rings. The first-order valence-corrected chi connectivity index (χ1v) is 11.2. The second-order valence-corrected chi connectivity index (χ2v) is 10.1. The molecule has 0 saturated heterocycles. The summed E-state index contributed by atoms with van der Waals surface area (Å²) in [5.74, 6) is -1.32. The van der Waals surface area contributed by atoms with Gasteiger partial charge in [0.1, 0.15) is 11.5 Å². The number of amides is 1. The molecule has 1 aliphatic rings. The maximum absolute atomic E-state index is 13.0. The van der Waals surface area contributed by atoms with Crippen LogP contribution in [-0.4, -0.2) is 28.6 Å². The molecule has 0 fully saturated rings. The van der Waals surface area contributed by atoms with Gasteiger partial charge < -0.3 is 19.9 Å². The summed E-state index contributed by atoms with van der Waals surface area (Å²) in [7, 11) is 0. The molecule has 0 bridgehead atoms. The highest BCUT2D eigenvalue weighted by molar-refractivity contribution is 7.17. The number of nitrogens with one attached hydrogen (secondary N) is 2. The van der Waals surface area contributed by atoms with Gasteiger partial charge in [0.2, 0.25) is 5.91 Å². The summed E-state index contributed by atoms with van der Waals surface area (Å²) in [6.45, 7) is 9.11. The number of esters is 1. The highest BCUT2D eigenvalue weighted by atomic mass is 32.1. The molecule has 33 heavy (non-hydrogen) atoms.